The van der Waals surface area contributed by atoms with E-state index in [2.05, 4.69) is 36.9 Å². The van der Waals surface area contributed by atoms with Crippen LogP contribution in [0.1, 0.15) is 86.5 Å². The molecule has 442 valence electrons. The number of aldehydes is 1. The summed E-state index contributed by atoms with van der Waals surface area (Å²) in [7, 11) is 0. The molecule has 4 aromatic carbocycles. The van der Waals surface area contributed by atoms with Crippen LogP contribution in [0.3, 0.4) is 0 Å². The van der Waals surface area contributed by atoms with Gasteiger partial charge in [0.1, 0.15) is 54.0 Å². The second-order valence-corrected chi connectivity index (χ2v) is 20.5. The third-order valence-electron chi connectivity index (χ3n) is 14.0. The molecule has 1 heterocycles. The molecule has 82 heavy (non-hydrogen) atoms. The van der Waals surface area contributed by atoms with Crippen molar-refractivity contribution in [3.63, 3.8) is 0 Å². The minimum absolute atomic E-state index is 0.0326. The molecule has 1 saturated heterocycles. The van der Waals surface area contributed by atoms with Crippen molar-refractivity contribution in [3.05, 3.63) is 131 Å². The lowest BCUT2D eigenvalue weighted by Gasteiger charge is -2.31. The summed E-state index contributed by atoms with van der Waals surface area (Å²) in [5.74, 6) is -4.74. The van der Waals surface area contributed by atoms with Crippen LogP contribution in [-0.2, 0) is 64.0 Å². The van der Waals surface area contributed by atoms with E-state index in [1.54, 1.807) is 84.9 Å². The van der Waals surface area contributed by atoms with Gasteiger partial charge in [0.05, 0.1) is 12.1 Å². The molecule has 0 saturated carbocycles. The van der Waals surface area contributed by atoms with E-state index in [1.165, 1.54) is 29.2 Å². The number of carbonyl (C=O) groups excluding carboxylic acids is 8. The minimum atomic E-state index is -1.34. The van der Waals surface area contributed by atoms with Crippen LogP contribution >= 0.6 is 0 Å². The third kappa shape index (κ3) is 21.6. The largest absolute Gasteiger partial charge is 0.508 e. The van der Waals surface area contributed by atoms with Gasteiger partial charge in [-0.1, -0.05) is 84.9 Å². The molecule has 0 aromatic heterocycles. The zero-order chi connectivity index (χ0) is 59.4. The number of likely N-dealkylation sites (tertiary alicyclic amines) is 1. The number of nitrogens with two attached hydrogens (primary N) is 5. The molecule has 7 amide bonds. The van der Waals surface area contributed by atoms with Gasteiger partial charge in [-0.2, -0.15) is 0 Å². The van der Waals surface area contributed by atoms with Gasteiger partial charge in [-0.25, -0.2) is 0 Å². The van der Waals surface area contributed by atoms with Crippen LogP contribution in [0.5, 0.6) is 11.5 Å². The van der Waals surface area contributed by atoms with Gasteiger partial charge in [-0.15, -0.1) is 0 Å². The molecule has 1 fully saturated rings. The highest BCUT2D eigenvalue weighted by molar-refractivity contribution is 5.98. The number of hydrogen-bond donors (Lipinski definition) is 13. The van der Waals surface area contributed by atoms with E-state index < -0.39 is 89.7 Å². The van der Waals surface area contributed by atoms with Crippen LogP contribution in [0.25, 0.3) is 0 Å². The average Bonchev–Trinajstić information content (AvgIpc) is 4.11. The highest BCUT2D eigenvalue weighted by Crippen LogP contribution is 2.22. The summed E-state index contributed by atoms with van der Waals surface area (Å²) in [4.78, 5) is 118. The maximum Gasteiger partial charge on any atom is 0.245 e. The van der Waals surface area contributed by atoms with Crippen LogP contribution in [0.2, 0.25) is 0 Å². The van der Waals surface area contributed by atoms with Gasteiger partial charge < -0.3 is 80.5 Å². The van der Waals surface area contributed by atoms with Gasteiger partial charge in [0.15, 0.2) is 5.96 Å². The Morgan fingerprint density at radius 3 is 1.45 bits per heavy atom. The Hall–Kier alpha value is -8.41. The Balaban J connectivity index is 1.38. The van der Waals surface area contributed by atoms with Crippen LogP contribution in [-0.4, -0.2) is 143 Å². The predicted molar refractivity (Wildman–Crippen MR) is 310 cm³/mol. The summed E-state index contributed by atoms with van der Waals surface area (Å²) >= 11 is 0. The number of benzene rings is 4. The van der Waals surface area contributed by atoms with Crippen molar-refractivity contribution in [2.45, 2.75) is 138 Å². The van der Waals surface area contributed by atoms with E-state index in [-0.39, 0.29) is 88.5 Å². The smallest absolute Gasteiger partial charge is 0.245 e. The molecule has 0 unspecified atom stereocenters. The molecule has 0 aliphatic carbocycles. The fraction of sp³-hybridized carbons (Fsp3) is 0.441. The maximum absolute atomic E-state index is 14.8. The van der Waals surface area contributed by atoms with Crippen LogP contribution < -0.4 is 60.6 Å². The van der Waals surface area contributed by atoms with E-state index in [1.807, 2.05) is 0 Å². The van der Waals surface area contributed by atoms with Gasteiger partial charge in [-0.3, -0.25) is 38.6 Å². The van der Waals surface area contributed by atoms with Gasteiger partial charge in [0.25, 0.3) is 0 Å². The van der Waals surface area contributed by atoms with Gasteiger partial charge >= 0.3 is 0 Å². The fourth-order valence-corrected chi connectivity index (χ4v) is 9.55. The maximum atomic E-state index is 14.8. The number of nitrogens with one attached hydrogen (secondary N) is 6. The summed E-state index contributed by atoms with van der Waals surface area (Å²) in [6.45, 7) is 0.928. The lowest BCUT2D eigenvalue weighted by Crippen LogP contribution is -2.60. The van der Waals surface area contributed by atoms with Crippen molar-refractivity contribution >= 4 is 53.6 Å². The number of carbonyl (C=O) groups is 8. The zero-order valence-electron chi connectivity index (χ0n) is 46.3. The van der Waals surface area contributed by atoms with E-state index in [4.69, 9.17) is 28.7 Å². The normalized spacial score (nSPS) is 15.5. The molecule has 23 heteroatoms. The number of amides is 7. The van der Waals surface area contributed by atoms with E-state index in [0.717, 1.165) is 0 Å². The molecule has 1 aliphatic rings. The second kappa shape index (κ2) is 34.0. The summed E-state index contributed by atoms with van der Waals surface area (Å²) in [5, 5.41) is 36.3. The molecule has 23 nitrogen and oxygen atoms in total. The lowest BCUT2D eigenvalue weighted by molar-refractivity contribution is -0.142. The lowest BCUT2D eigenvalue weighted by atomic mass is 10.0. The number of rotatable bonds is 34. The first kappa shape index (κ1) is 64.4. The molecule has 18 N–H and O–H groups in total. The van der Waals surface area contributed by atoms with Crippen molar-refractivity contribution in [3.8, 4) is 11.5 Å². The molecule has 4 aromatic rings. The summed E-state index contributed by atoms with van der Waals surface area (Å²) in [6, 6.07) is 20.8. The van der Waals surface area contributed by atoms with E-state index in [0.29, 0.717) is 73.6 Å². The minimum Gasteiger partial charge on any atom is -0.508 e. The van der Waals surface area contributed by atoms with Crippen LogP contribution in [0.15, 0.2) is 114 Å². The molecule has 0 spiro atoms. The number of hydrogen-bond acceptors (Lipinski definition) is 14. The highest BCUT2D eigenvalue weighted by atomic mass is 16.3. The molecule has 8 atom stereocenters. The van der Waals surface area contributed by atoms with Gasteiger partial charge in [0, 0.05) is 25.9 Å². The predicted octanol–water partition coefficient (Wildman–Crippen LogP) is 0.106. The van der Waals surface area contributed by atoms with Crippen LogP contribution in [0, 0.1) is 0 Å². The van der Waals surface area contributed by atoms with Crippen molar-refractivity contribution in [1.29, 1.82) is 0 Å². The topological polar surface area (TPSA) is 395 Å². The Bertz CT molecular complexity index is 2720. The second-order valence-electron chi connectivity index (χ2n) is 20.5. The quantitative estimate of drug-likeness (QED) is 0.0128. The Morgan fingerprint density at radius 1 is 0.537 bits per heavy atom. The number of unbranched alkanes of at least 4 members (excludes halogenated alkanes) is 2. The van der Waals surface area contributed by atoms with E-state index >= 15 is 0 Å². The van der Waals surface area contributed by atoms with Gasteiger partial charge in [0.2, 0.25) is 41.4 Å². The number of aliphatic imine (C=N–C) groups is 1. The zero-order valence-corrected chi connectivity index (χ0v) is 46.3. The molecule has 0 radical (unpaired) electrons. The Labute approximate surface area is 478 Å². The van der Waals surface area contributed by atoms with Crippen molar-refractivity contribution < 1.29 is 48.6 Å². The first-order valence-electron chi connectivity index (χ1n) is 27.9. The number of nitrogens with zero attached hydrogens (tertiary/aromatic N) is 2. The Morgan fingerprint density at radius 2 is 0.963 bits per heavy atom. The first-order valence-corrected chi connectivity index (χ1v) is 27.9. The Kier molecular flexibility index (Phi) is 26.7. The molecule has 0 bridgehead atoms. The standard InChI is InChI=1S/C59H81N13O10/c60-29-9-7-17-46(53(77)69-48(18-8-10-30-61)58(82)72-32-12-20-51(72)57(81)66-42(37-73)33-40-21-25-43(74)26-22-40)68-55(79)49(35-38-13-3-1-4-14-38)71-56(80)50(36-39-15-5-2-6-16-39)70-54(78)47(19-11-31-65-59(63)64)67-52(76)45(62)34-41-23-27-44(75)28-24-41/h1-6,13-16,21-28,37,42,45-51,74-75H,7-12,17-20,29-36,60-62H2,(H,66,81)(H,67,76)(H,68,79)(H,69,77)(H,70,78)(H,71,80)(H4,63,64,65)/t42-,45-,46-,47+,48-,49-,50-,51-/m0/s1. The summed E-state index contributed by atoms with van der Waals surface area (Å²) in [5.41, 5.74) is 31.8. The molecule has 5 rings (SSSR count). The number of phenols is 2. The van der Waals surface area contributed by atoms with Crippen molar-refractivity contribution in [1.82, 2.24) is 36.8 Å². The van der Waals surface area contributed by atoms with Crippen molar-refractivity contribution in [2.24, 2.45) is 33.7 Å². The van der Waals surface area contributed by atoms with E-state index in [9.17, 15) is 48.6 Å². The molecular weight excluding hydrogens is 1050 g/mol. The fourth-order valence-electron chi connectivity index (χ4n) is 9.55. The summed E-state index contributed by atoms with van der Waals surface area (Å²) < 4.78 is 0. The number of aromatic hydroxyl groups is 2. The summed E-state index contributed by atoms with van der Waals surface area (Å²) in [6.07, 6.45) is 3.89. The third-order valence-corrected chi connectivity index (χ3v) is 14.0. The monoisotopic (exact) mass is 1130 g/mol. The average molecular weight is 1130 g/mol. The SMILES string of the molecule is NCCCC[C@H](NC(=O)[C@H](Cc1ccccc1)NC(=O)[C@H](Cc1ccccc1)NC(=O)[C@@H](CCCN=C(N)N)NC(=O)[C@@H](N)Cc1ccc(O)cc1)C(=O)N[C@@H](CCCCN)C(=O)N1CCC[C@H]1C(=O)N[C@H](C=O)Cc1ccc(O)cc1. The number of phenolic OH excluding ortho intramolecular Hbond substituents is 2. The highest BCUT2D eigenvalue weighted by Gasteiger charge is 2.39. The van der Waals surface area contributed by atoms with Crippen molar-refractivity contribution in [2.75, 3.05) is 26.2 Å². The number of guanidine groups is 1. The molecular formula is C59H81N13O10. The first-order chi connectivity index (χ1) is 39.5. The molecule has 1 aliphatic heterocycles. The van der Waals surface area contributed by atoms with Gasteiger partial charge in [-0.05, 0) is 137 Å². The van der Waals surface area contributed by atoms with Crippen LogP contribution in [0.4, 0.5) is 0 Å².